The van der Waals surface area contributed by atoms with E-state index < -0.39 is 0 Å². The van der Waals surface area contributed by atoms with Gasteiger partial charge in [0.25, 0.3) is 0 Å². The van der Waals surface area contributed by atoms with E-state index in [1.54, 1.807) is 0 Å². The molecule has 0 saturated carbocycles. The van der Waals surface area contributed by atoms with Crippen molar-refractivity contribution < 1.29 is 4.42 Å². The lowest BCUT2D eigenvalue weighted by Crippen LogP contribution is -2.07. The summed E-state index contributed by atoms with van der Waals surface area (Å²) in [5, 5.41) is 3.31. The molecular weight excluding hydrogens is 190 g/mol. The lowest BCUT2D eigenvalue weighted by atomic mass is 10.1. The quantitative estimate of drug-likeness (QED) is 0.765. The van der Waals surface area contributed by atoms with Crippen molar-refractivity contribution >= 4 is 11.2 Å². The van der Waals surface area contributed by atoms with Crippen LogP contribution in [0.5, 0.6) is 0 Å². The van der Waals surface area contributed by atoms with E-state index in [0.717, 1.165) is 42.3 Å². The van der Waals surface area contributed by atoms with Gasteiger partial charge in [0.05, 0.1) is 0 Å². The van der Waals surface area contributed by atoms with Crippen molar-refractivity contribution in [1.82, 2.24) is 15.3 Å². The molecule has 0 bridgehead atoms. The maximum atomic E-state index is 5.69. The zero-order valence-corrected chi connectivity index (χ0v) is 8.66. The van der Waals surface area contributed by atoms with Crippen LogP contribution in [0, 0.1) is 6.92 Å². The molecule has 2 aromatic heterocycles. The molecule has 0 radical (unpaired) electrons. The van der Waals surface area contributed by atoms with Gasteiger partial charge in [-0.25, -0.2) is 4.98 Å². The Morgan fingerprint density at radius 2 is 2.33 bits per heavy atom. The number of rotatable bonds is 1. The van der Waals surface area contributed by atoms with Crippen molar-refractivity contribution in [1.29, 1.82) is 0 Å². The molecule has 0 spiro atoms. The number of nitrogens with zero attached hydrogens (tertiary/aromatic N) is 2. The Labute approximate surface area is 87.7 Å². The summed E-state index contributed by atoms with van der Waals surface area (Å²) in [5.41, 5.74) is 2.51. The largest absolute Gasteiger partial charge is 0.439 e. The van der Waals surface area contributed by atoms with E-state index >= 15 is 0 Å². The maximum absolute atomic E-state index is 5.69. The second-order valence-electron chi connectivity index (χ2n) is 4.02. The van der Waals surface area contributed by atoms with Crippen LogP contribution in [0.15, 0.2) is 16.5 Å². The van der Waals surface area contributed by atoms with Gasteiger partial charge in [-0.15, -0.1) is 0 Å². The lowest BCUT2D eigenvalue weighted by Gasteiger charge is -1.99. The first-order valence-corrected chi connectivity index (χ1v) is 5.28. The molecule has 0 amide bonds. The molecule has 1 unspecified atom stereocenters. The van der Waals surface area contributed by atoms with Crippen molar-refractivity contribution in [3.8, 4) is 0 Å². The summed E-state index contributed by atoms with van der Waals surface area (Å²) < 4.78 is 5.69. The van der Waals surface area contributed by atoms with E-state index in [9.17, 15) is 0 Å². The average Bonchev–Trinajstić information content (AvgIpc) is 2.84. The summed E-state index contributed by atoms with van der Waals surface area (Å²) >= 11 is 0. The van der Waals surface area contributed by atoms with E-state index in [-0.39, 0.29) is 0 Å². The molecule has 1 fully saturated rings. The molecule has 78 valence electrons. The van der Waals surface area contributed by atoms with Crippen LogP contribution in [0.25, 0.3) is 11.2 Å². The summed E-state index contributed by atoms with van der Waals surface area (Å²) in [6, 6.07) is 3.89. The van der Waals surface area contributed by atoms with Crippen LogP contribution >= 0.6 is 0 Å². The lowest BCUT2D eigenvalue weighted by molar-refractivity contribution is 0.485. The van der Waals surface area contributed by atoms with Crippen LogP contribution in [0.3, 0.4) is 0 Å². The van der Waals surface area contributed by atoms with Gasteiger partial charge in [-0.05, 0) is 32.0 Å². The highest BCUT2D eigenvalue weighted by Crippen LogP contribution is 2.24. The Bertz CT molecular complexity index is 486. The first-order chi connectivity index (χ1) is 7.33. The summed E-state index contributed by atoms with van der Waals surface area (Å²) in [7, 11) is 0. The second kappa shape index (κ2) is 3.31. The Morgan fingerprint density at radius 3 is 3.13 bits per heavy atom. The molecule has 3 rings (SSSR count). The number of oxazole rings is 1. The summed E-state index contributed by atoms with van der Waals surface area (Å²) in [5.74, 6) is 1.24. The topological polar surface area (TPSA) is 51.0 Å². The highest BCUT2D eigenvalue weighted by molar-refractivity contribution is 5.67. The van der Waals surface area contributed by atoms with Gasteiger partial charge in [0.15, 0.2) is 11.2 Å². The number of fused-ring (bicyclic) bond motifs is 1. The third-order valence-corrected chi connectivity index (χ3v) is 2.82. The van der Waals surface area contributed by atoms with Crippen molar-refractivity contribution in [2.45, 2.75) is 19.3 Å². The molecule has 1 aliphatic rings. The van der Waals surface area contributed by atoms with Gasteiger partial charge in [-0.1, -0.05) is 0 Å². The second-order valence-corrected chi connectivity index (χ2v) is 4.02. The van der Waals surface area contributed by atoms with E-state index in [1.807, 2.05) is 19.1 Å². The minimum Gasteiger partial charge on any atom is -0.439 e. The van der Waals surface area contributed by atoms with E-state index in [2.05, 4.69) is 15.3 Å². The molecule has 1 aliphatic heterocycles. The predicted octanol–water partition coefficient (Wildman–Crippen LogP) is 1.61. The number of nitrogens with one attached hydrogen (secondary N) is 1. The molecule has 0 aliphatic carbocycles. The molecule has 1 atom stereocenters. The van der Waals surface area contributed by atoms with Crippen molar-refractivity contribution in [2.24, 2.45) is 0 Å². The van der Waals surface area contributed by atoms with Gasteiger partial charge >= 0.3 is 0 Å². The third kappa shape index (κ3) is 1.51. The molecule has 1 N–H and O–H groups in total. The average molecular weight is 203 g/mol. The highest BCUT2D eigenvalue weighted by Gasteiger charge is 2.22. The summed E-state index contributed by atoms with van der Waals surface area (Å²) in [4.78, 5) is 8.78. The van der Waals surface area contributed by atoms with Crippen LogP contribution < -0.4 is 5.32 Å². The first-order valence-electron chi connectivity index (χ1n) is 5.28. The smallest absolute Gasteiger partial charge is 0.201 e. The van der Waals surface area contributed by atoms with Crippen molar-refractivity contribution in [3.63, 3.8) is 0 Å². The zero-order valence-electron chi connectivity index (χ0n) is 8.66. The fourth-order valence-corrected chi connectivity index (χ4v) is 1.97. The third-order valence-electron chi connectivity index (χ3n) is 2.82. The number of hydrogen-bond acceptors (Lipinski definition) is 4. The van der Waals surface area contributed by atoms with Crippen molar-refractivity contribution in [3.05, 3.63) is 23.7 Å². The molecule has 3 heterocycles. The number of pyridine rings is 1. The SMILES string of the molecule is Cc1ccc2oc(C3CCNC3)nc2n1. The van der Waals surface area contributed by atoms with Gasteiger partial charge < -0.3 is 9.73 Å². The minimum atomic E-state index is 0.416. The van der Waals surface area contributed by atoms with Crippen molar-refractivity contribution in [2.75, 3.05) is 13.1 Å². The van der Waals surface area contributed by atoms with E-state index in [4.69, 9.17) is 4.42 Å². The monoisotopic (exact) mass is 203 g/mol. The van der Waals surface area contributed by atoms with E-state index in [0.29, 0.717) is 5.92 Å². The standard InChI is InChI=1S/C11H13N3O/c1-7-2-3-9-10(13-7)14-11(15-9)8-4-5-12-6-8/h2-3,8,12H,4-6H2,1H3. The number of aryl methyl sites for hydroxylation is 1. The Balaban J connectivity index is 2.05. The molecule has 2 aromatic rings. The molecule has 15 heavy (non-hydrogen) atoms. The minimum absolute atomic E-state index is 0.416. The molecule has 4 heteroatoms. The van der Waals surface area contributed by atoms with Crippen LogP contribution in [-0.2, 0) is 0 Å². The van der Waals surface area contributed by atoms with Crippen LogP contribution in [0.2, 0.25) is 0 Å². The molecule has 4 nitrogen and oxygen atoms in total. The summed E-state index contributed by atoms with van der Waals surface area (Å²) in [6.45, 7) is 3.98. The van der Waals surface area contributed by atoms with Gasteiger partial charge in [0, 0.05) is 18.2 Å². The number of aromatic nitrogens is 2. The molecule has 1 saturated heterocycles. The molecular formula is C11H13N3O. The predicted molar refractivity (Wildman–Crippen MR) is 56.8 cm³/mol. The van der Waals surface area contributed by atoms with Gasteiger partial charge in [0.1, 0.15) is 0 Å². The summed E-state index contributed by atoms with van der Waals surface area (Å²) in [6.07, 6.45) is 1.10. The van der Waals surface area contributed by atoms with Crippen LogP contribution in [-0.4, -0.2) is 23.1 Å². The van der Waals surface area contributed by atoms with E-state index in [1.165, 1.54) is 0 Å². The van der Waals surface area contributed by atoms with Crippen LogP contribution in [0.4, 0.5) is 0 Å². The maximum Gasteiger partial charge on any atom is 0.201 e. The fourth-order valence-electron chi connectivity index (χ4n) is 1.97. The Hall–Kier alpha value is -1.42. The number of hydrogen-bond donors (Lipinski definition) is 1. The Kier molecular flexibility index (Phi) is 1.95. The first kappa shape index (κ1) is 8.85. The zero-order chi connectivity index (χ0) is 10.3. The van der Waals surface area contributed by atoms with Gasteiger partial charge in [0.2, 0.25) is 5.89 Å². The Morgan fingerprint density at radius 1 is 1.40 bits per heavy atom. The normalized spacial score (nSPS) is 21.3. The fraction of sp³-hybridized carbons (Fsp3) is 0.455. The van der Waals surface area contributed by atoms with Crippen LogP contribution in [0.1, 0.15) is 23.9 Å². The molecule has 0 aromatic carbocycles. The van der Waals surface area contributed by atoms with Gasteiger partial charge in [-0.2, -0.15) is 4.98 Å². The van der Waals surface area contributed by atoms with Gasteiger partial charge in [-0.3, -0.25) is 0 Å². The highest BCUT2D eigenvalue weighted by atomic mass is 16.3.